The van der Waals surface area contributed by atoms with Crippen molar-refractivity contribution in [1.82, 2.24) is 15.1 Å². The molecule has 1 aliphatic rings. The molecule has 0 amide bonds. The number of nitrogens with one attached hydrogen (secondary N) is 1. The van der Waals surface area contributed by atoms with Crippen LogP contribution in [-0.4, -0.2) is 16.3 Å². The summed E-state index contributed by atoms with van der Waals surface area (Å²) in [6.45, 7) is 4.37. The van der Waals surface area contributed by atoms with Gasteiger partial charge in [0, 0.05) is 25.6 Å². The topological polar surface area (TPSA) is 46.9 Å². The summed E-state index contributed by atoms with van der Waals surface area (Å²) in [5, 5.41) is 7.78. The van der Waals surface area contributed by atoms with E-state index in [9.17, 15) is 4.79 Å². The summed E-state index contributed by atoms with van der Waals surface area (Å²) in [6, 6.07) is 10.1. The molecule has 0 aliphatic carbocycles. The predicted molar refractivity (Wildman–Crippen MR) is 78.8 cm³/mol. The maximum Gasteiger partial charge on any atom is 0.267 e. The van der Waals surface area contributed by atoms with Crippen LogP contribution in [0.4, 0.5) is 0 Å². The summed E-state index contributed by atoms with van der Waals surface area (Å²) < 4.78 is 1.57. The lowest BCUT2D eigenvalue weighted by atomic mass is 10.1. The van der Waals surface area contributed by atoms with Crippen molar-refractivity contribution in [3.63, 3.8) is 0 Å². The number of hydrogen-bond donors (Lipinski definition) is 1. The molecule has 0 fully saturated rings. The van der Waals surface area contributed by atoms with Crippen LogP contribution in [0.25, 0.3) is 0 Å². The summed E-state index contributed by atoms with van der Waals surface area (Å²) in [5.74, 6) is 0. The van der Waals surface area contributed by atoms with E-state index in [-0.39, 0.29) is 5.56 Å². The Morgan fingerprint density at radius 2 is 2.00 bits per heavy atom. The Bertz CT molecular complexity index is 658. The van der Waals surface area contributed by atoms with Gasteiger partial charge in [-0.2, -0.15) is 5.10 Å². The lowest BCUT2D eigenvalue weighted by molar-refractivity contribution is 0.562. The summed E-state index contributed by atoms with van der Waals surface area (Å²) >= 11 is 0. The Labute approximate surface area is 118 Å². The highest BCUT2D eigenvalue weighted by Gasteiger charge is 2.12. The molecule has 0 saturated carbocycles. The first-order valence-corrected chi connectivity index (χ1v) is 7.14. The van der Waals surface area contributed by atoms with Crippen LogP contribution in [0.15, 0.2) is 35.1 Å². The van der Waals surface area contributed by atoms with Crippen molar-refractivity contribution in [1.29, 1.82) is 0 Å². The van der Waals surface area contributed by atoms with E-state index < -0.39 is 0 Å². The van der Waals surface area contributed by atoms with Crippen LogP contribution in [-0.2, 0) is 25.9 Å². The molecule has 0 atom stereocenters. The molecule has 0 saturated heterocycles. The maximum absolute atomic E-state index is 12.1. The molecular weight excluding hydrogens is 250 g/mol. The molecule has 1 aliphatic heterocycles. The van der Waals surface area contributed by atoms with Gasteiger partial charge in [0.1, 0.15) is 0 Å². The average Bonchev–Trinajstić information content (AvgIpc) is 2.49. The minimum absolute atomic E-state index is 0.0213. The molecule has 3 rings (SSSR count). The van der Waals surface area contributed by atoms with E-state index in [4.69, 9.17) is 0 Å². The quantitative estimate of drug-likeness (QED) is 0.918. The molecule has 1 N–H and O–H groups in total. The Morgan fingerprint density at radius 3 is 2.75 bits per heavy atom. The van der Waals surface area contributed by atoms with Crippen molar-refractivity contribution in [2.45, 2.75) is 32.9 Å². The highest BCUT2D eigenvalue weighted by molar-refractivity contribution is 5.24. The molecule has 0 unspecified atom stereocenters. The molecule has 20 heavy (non-hydrogen) atoms. The van der Waals surface area contributed by atoms with Crippen LogP contribution < -0.4 is 10.9 Å². The van der Waals surface area contributed by atoms with Gasteiger partial charge in [-0.3, -0.25) is 4.79 Å². The third-order valence-electron chi connectivity index (χ3n) is 3.78. The number of fused-ring (bicyclic) bond motifs is 1. The van der Waals surface area contributed by atoms with Crippen molar-refractivity contribution < 1.29 is 0 Å². The molecule has 4 heteroatoms. The van der Waals surface area contributed by atoms with E-state index in [1.807, 2.05) is 0 Å². The summed E-state index contributed by atoms with van der Waals surface area (Å²) in [4.78, 5) is 12.1. The van der Waals surface area contributed by atoms with Crippen molar-refractivity contribution in [3.05, 3.63) is 63.1 Å². The normalized spacial score (nSPS) is 14.1. The van der Waals surface area contributed by atoms with Crippen molar-refractivity contribution in [3.8, 4) is 0 Å². The fourth-order valence-corrected chi connectivity index (χ4v) is 2.53. The van der Waals surface area contributed by atoms with Gasteiger partial charge < -0.3 is 5.32 Å². The van der Waals surface area contributed by atoms with Gasteiger partial charge in [0.15, 0.2) is 0 Å². The number of nitrogens with zero attached hydrogens (tertiary/aromatic N) is 2. The maximum atomic E-state index is 12.1. The van der Waals surface area contributed by atoms with Gasteiger partial charge >= 0.3 is 0 Å². The van der Waals surface area contributed by atoms with Gasteiger partial charge in [0.05, 0.1) is 12.2 Å². The second-order valence-corrected chi connectivity index (χ2v) is 5.21. The SMILES string of the molecule is CCc1ccc(Cn2nc3c(cc2=O)CNCC3)cc1. The van der Waals surface area contributed by atoms with Crippen LogP contribution in [0.1, 0.15) is 29.3 Å². The average molecular weight is 269 g/mol. The molecule has 0 radical (unpaired) electrons. The molecule has 2 aromatic rings. The predicted octanol–water partition coefficient (Wildman–Crippen LogP) is 1.50. The van der Waals surface area contributed by atoms with Crippen molar-refractivity contribution in [2.75, 3.05) is 6.54 Å². The van der Waals surface area contributed by atoms with Crippen molar-refractivity contribution in [2.24, 2.45) is 0 Å². The highest BCUT2D eigenvalue weighted by atomic mass is 16.1. The number of aryl methyl sites for hydroxylation is 1. The van der Waals surface area contributed by atoms with Crippen LogP contribution >= 0.6 is 0 Å². The summed E-state index contributed by atoms with van der Waals surface area (Å²) in [6.07, 6.45) is 1.93. The Balaban J connectivity index is 1.88. The summed E-state index contributed by atoms with van der Waals surface area (Å²) in [7, 11) is 0. The lowest BCUT2D eigenvalue weighted by Gasteiger charge is -2.17. The smallest absolute Gasteiger partial charge is 0.267 e. The van der Waals surface area contributed by atoms with Gasteiger partial charge in [-0.1, -0.05) is 31.2 Å². The van der Waals surface area contributed by atoms with Crippen LogP contribution in [0, 0.1) is 0 Å². The van der Waals surface area contributed by atoms with Crippen molar-refractivity contribution >= 4 is 0 Å². The zero-order valence-corrected chi connectivity index (χ0v) is 11.7. The van der Waals surface area contributed by atoms with Gasteiger partial charge in [-0.25, -0.2) is 4.68 Å². The molecule has 2 heterocycles. The number of aromatic nitrogens is 2. The first kappa shape index (κ1) is 13.1. The van der Waals surface area contributed by atoms with Gasteiger partial charge in [0.25, 0.3) is 5.56 Å². The zero-order valence-electron chi connectivity index (χ0n) is 11.7. The van der Waals surface area contributed by atoms with Crippen LogP contribution in [0.5, 0.6) is 0 Å². The second kappa shape index (κ2) is 5.59. The molecule has 0 spiro atoms. The van der Waals surface area contributed by atoms with E-state index in [0.29, 0.717) is 6.54 Å². The molecule has 0 bridgehead atoms. The largest absolute Gasteiger partial charge is 0.312 e. The first-order valence-electron chi connectivity index (χ1n) is 7.14. The fourth-order valence-electron chi connectivity index (χ4n) is 2.53. The molecule has 1 aromatic heterocycles. The Kier molecular flexibility index (Phi) is 3.65. The minimum atomic E-state index is -0.0213. The van der Waals surface area contributed by atoms with E-state index >= 15 is 0 Å². The summed E-state index contributed by atoms with van der Waals surface area (Å²) in [5.41, 5.74) is 4.50. The van der Waals surface area contributed by atoms with Crippen LogP contribution in [0.2, 0.25) is 0 Å². The molecule has 1 aromatic carbocycles. The highest BCUT2D eigenvalue weighted by Crippen LogP contribution is 2.09. The van der Waals surface area contributed by atoms with Gasteiger partial charge in [0.2, 0.25) is 0 Å². The van der Waals surface area contributed by atoms with E-state index in [1.54, 1.807) is 10.7 Å². The lowest BCUT2D eigenvalue weighted by Crippen LogP contribution is -2.31. The van der Waals surface area contributed by atoms with Crippen LogP contribution in [0.3, 0.4) is 0 Å². The molecule has 4 nitrogen and oxygen atoms in total. The third-order valence-corrected chi connectivity index (χ3v) is 3.78. The Morgan fingerprint density at radius 1 is 1.25 bits per heavy atom. The second-order valence-electron chi connectivity index (χ2n) is 5.21. The molecular formula is C16H19N3O. The Hall–Kier alpha value is -1.94. The first-order chi connectivity index (χ1) is 9.76. The van der Waals surface area contributed by atoms with Gasteiger partial charge in [-0.15, -0.1) is 0 Å². The van der Waals surface area contributed by atoms with E-state index in [0.717, 1.165) is 42.8 Å². The number of rotatable bonds is 3. The third kappa shape index (κ3) is 2.65. The van der Waals surface area contributed by atoms with E-state index in [2.05, 4.69) is 41.6 Å². The standard InChI is InChI=1S/C16H19N3O/c1-2-12-3-5-13(6-4-12)11-19-16(20)9-14-10-17-8-7-15(14)18-19/h3-6,9,17H,2,7-8,10-11H2,1H3. The number of hydrogen-bond acceptors (Lipinski definition) is 3. The van der Waals surface area contributed by atoms with Gasteiger partial charge in [-0.05, 0) is 23.1 Å². The van der Waals surface area contributed by atoms with E-state index in [1.165, 1.54) is 5.56 Å². The zero-order chi connectivity index (χ0) is 13.9. The minimum Gasteiger partial charge on any atom is -0.312 e. The monoisotopic (exact) mass is 269 g/mol. The fraction of sp³-hybridized carbons (Fsp3) is 0.375. The molecule has 104 valence electrons. The number of benzene rings is 1.